The largest absolute Gasteiger partial charge is 0.390 e. The van der Waals surface area contributed by atoms with Gasteiger partial charge in [0.25, 0.3) is 0 Å². The van der Waals surface area contributed by atoms with Crippen molar-refractivity contribution >= 4 is 23.2 Å². The second kappa shape index (κ2) is 5.87. The summed E-state index contributed by atoms with van der Waals surface area (Å²) in [6.45, 7) is 2.59. The fourth-order valence-electron chi connectivity index (χ4n) is 1.56. The van der Waals surface area contributed by atoms with Crippen LogP contribution in [-0.4, -0.2) is 24.3 Å². The topological polar surface area (TPSA) is 32.3 Å². The molecule has 0 aliphatic rings. The molecular weight excluding hydrogens is 245 g/mol. The van der Waals surface area contributed by atoms with Gasteiger partial charge in [0.05, 0.1) is 5.60 Å². The van der Waals surface area contributed by atoms with Crippen molar-refractivity contribution in [1.82, 2.24) is 5.32 Å². The lowest BCUT2D eigenvalue weighted by atomic mass is 9.93. The van der Waals surface area contributed by atoms with Crippen LogP contribution in [0.5, 0.6) is 0 Å². The van der Waals surface area contributed by atoms with Gasteiger partial charge >= 0.3 is 0 Å². The molecule has 1 rings (SSSR count). The average molecular weight is 262 g/mol. The molecule has 0 saturated carbocycles. The van der Waals surface area contributed by atoms with Gasteiger partial charge in [0.2, 0.25) is 0 Å². The van der Waals surface area contributed by atoms with Gasteiger partial charge < -0.3 is 10.4 Å². The summed E-state index contributed by atoms with van der Waals surface area (Å²) in [5.74, 6) is 0. The summed E-state index contributed by atoms with van der Waals surface area (Å²) in [5, 5.41) is 14.4. The minimum atomic E-state index is -0.750. The van der Waals surface area contributed by atoms with Crippen molar-refractivity contribution in [3.63, 3.8) is 0 Å². The van der Waals surface area contributed by atoms with Crippen LogP contribution in [0.25, 0.3) is 0 Å². The quantitative estimate of drug-likeness (QED) is 0.855. The van der Waals surface area contributed by atoms with Crippen molar-refractivity contribution in [1.29, 1.82) is 0 Å². The van der Waals surface area contributed by atoms with Gasteiger partial charge in [-0.05, 0) is 44.6 Å². The van der Waals surface area contributed by atoms with E-state index in [1.807, 2.05) is 20.0 Å². The van der Waals surface area contributed by atoms with Gasteiger partial charge in [-0.25, -0.2) is 0 Å². The summed E-state index contributed by atoms with van der Waals surface area (Å²) in [4.78, 5) is 0. The summed E-state index contributed by atoms with van der Waals surface area (Å²) in [7, 11) is 1.87. The third-order valence-electron chi connectivity index (χ3n) is 2.50. The van der Waals surface area contributed by atoms with E-state index in [-0.39, 0.29) is 0 Å². The van der Waals surface area contributed by atoms with E-state index in [2.05, 4.69) is 5.32 Å². The van der Waals surface area contributed by atoms with Gasteiger partial charge in [0, 0.05) is 16.5 Å². The van der Waals surface area contributed by atoms with E-state index in [4.69, 9.17) is 23.2 Å². The van der Waals surface area contributed by atoms with Crippen molar-refractivity contribution in [2.75, 3.05) is 13.6 Å². The Kier molecular flexibility index (Phi) is 5.06. The lowest BCUT2D eigenvalue weighted by molar-refractivity contribution is 0.0520. The summed E-state index contributed by atoms with van der Waals surface area (Å²) in [5.41, 5.74) is 0.174. The molecule has 2 N–H and O–H groups in total. The van der Waals surface area contributed by atoms with Crippen molar-refractivity contribution in [3.05, 3.63) is 33.8 Å². The molecule has 16 heavy (non-hydrogen) atoms. The zero-order valence-corrected chi connectivity index (χ0v) is 11.1. The second-order valence-corrected chi connectivity index (χ2v) is 5.11. The molecule has 0 aliphatic carbocycles. The van der Waals surface area contributed by atoms with Crippen LogP contribution in [0, 0.1) is 0 Å². The number of halogens is 2. The number of aliphatic hydroxyl groups is 1. The Bertz CT molecular complexity index is 353. The standard InChI is InChI=1S/C12H17Cl2NO/c1-12(16,5-6-15-2)8-9-3-4-10(13)7-11(9)14/h3-4,7,15-16H,5-6,8H2,1-2H3. The molecule has 0 aliphatic heterocycles. The van der Waals surface area contributed by atoms with E-state index in [0.29, 0.717) is 22.9 Å². The molecule has 1 aromatic carbocycles. The summed E-state index contributed by atoms with van der Waals surface area (Å²) >= 11 is 11.9. The molecule has 0 fully saturated rings. The highest BCUT2D eigenvalue weighted by Crippen LogP contribution is 2.25. The predicted molar refractivity (Wildman–Crippen MR) is 69.3 cm³/mol. The molecule has 0 saturated heterocycles. The molecule has 0 amide bonds. The number of nitrogens with one attached hydrogen (secondary N) is 1. The van der Waals surface area contributed by atoms with Crippen LogP contribution < -0.4 is 5.32 Å². The summed E-state index contributed by atoms with van der Waals surface area (Å²) < 4.78 is 0. The van der Waals surface area contributed by atoms with E-state index in [0.717, 1.165) is 12.1 Å². The maximum atomic E-state index is 10.2. The molecule has 0 spiro atoms. The Labute approximate surface area is 107 Å². The lowest BCUT2D eigenvalue weighted by Crippen LogP contribution is -2.31. The molecule has 1 unspecified atom stereocenters. The van der Waals surface area contributed by atoms with Gasteiger partial charge in [-0.15, -0.1) is 0 Å². The Balaban J connectivity index is 2.71. The van der Waals surface area contributed by atoms with Crippen LogP contribution in [0.1, 0.15) is 18.9 Å². The first-order chi connectivity index (χ1) is 7.44. The molecule has 2 nitrogen and oxygen atoms in total. The highest BCUT2D eigenvalue weighted by molar-refractivity contribution is 6.35. The third-order valence-corrected chi connectivity index (χ3v) is 3.09. The normalized spacial score (nSPS) is 14.8. The number of hydrogen-bond donors (Lipinski definition) is 2. The highest BCUT2D eigenvalue weighted by Gasteiger charge is 2.21. The Hall–Kier alpha value is -0.280. The first kappa shape index (κ1) is 13.8. The molecule has 1 aromatic rings. The monoisotopic (exact) mass is 261 g/mol. The average Bonchev–Trinajstić information content (AvgIpc) is 2.19. The van der Waals surface area contributed by atoms with E-state index < -0.39 is 5.60 Å². The SMILES string of the molecule is CNCCC(C)(O)Cc1ccc(Cl)cc1Cl. The predicted octanol–water partition coefficient (Wildman–Crippen LogP) is 2.90. The second-order valence-electron chi connectivity index (χ2n) is 4.26. The Morgan fingerprint density at radius 3 is 2.62 bits per heavy atom. The van der Waals surface area contributed by atoms with E-state index in [9.17, 15) is 5.11 Å². The highest BCUT2D eigenvalue weighted by atomic mass is 35.5. The maximum absolute atomic E-state index is 10.2. The fourth-order valence-corrected chi connectivity index (χ4v) is 2.03. The van der Waals surface area contributed by atoms with E-state index >= 15 is 0 Å². The van der Waals surface area contributed by atoms with Gasteiger partial charge in [-0.2, -0.15) is 0 Å². The lowest BCUT2D eigenvalue weighted by Gasteiger charge is -2.23. The number of rotatable bonds is 5. The molecule has 90 valence electrons. The molecular formula is C12H17Cl2NO. The van der Waals surface area contributed by atoms with E-state index in [1.54, 1.807) is 12.1 Å². The minimum Gasteiger partial charge on any atom is -0.390 e. The fraction of sp³-hybridized carbons (Fsp3) is 0.500. The van der Waals surface area contributed by atoms with Crippen molar-refractivity contribution in [2.45, 2.75) is 25.4 Å². The van der Waals surface area contributed by atoms with Crippen LogP contribution >= 0.6 is 23.2 Å². The first-order valence-electron chi connectivity index (χ1n) is 5.25. The van der Waals surface area contributed by atoms with Gasteiger partial charge in [0.15, 0.2) is 0 Å². The Morgan fingerprint density at radius 2 is 2.06 bits per heavy atom. The third kappa shape index (κ3) is 4.30. The zero-order valence-electron chi connectivity index (χ0n) is 9.56. The zero-order chi connectivity index (χ0) is 12.2. The summed E-state index contributed by atoms with van der Waals surface area (Å²) in [6.07, 6.45) is 1.22. The molecule has 0 heterocycles. The maximum Gasteiger partial charge on any atom is 0.0672 e. The number of benzene rings is 1. The van der Waals surface area contributed by atoms with Crippen LogP contribution in [0.15, 0.2) is 18.2 Å². The van der Waals surface area contributed by atoms with Crippen molar-refractivity contribution in [2.24, 2.45) is 0 Å². The van der Waals surface area contributed by atoms with E-state index in [1.165, 1.54) is 0 Å². The van der Waals surface area contributed by atoms with Crippen molar-refractivity contribution < 1.29 is 5.11 Å². The van der Waals surface area contributed by atoms with Crippen molar-refractivity contribution in [3.8, 4) is 0 Å². The molecule has 4 heteroatoms. The molecule has 0 aromatic heterocycles. The number of hydrogen-bond acceptors (Lipinski definition) is 2. The van der Waals surface area contributed by atoms with Crippen LogP contribution in [0.2, 0.25) is 10.0 Å². The Morgan fingerprint density at radius 1 is 1.38 bits per heavy atom. The molecule has 0 bridgehead atoms. The summed E-state index contributed by atoms with van der Waals surface area (Å²) in [6, 6.07) is 5.35. The van der Waals surface area contributed by atoms with Gasteiger partial charge in [0.1, 0.15) is 0 Å². The van der Waals surface area contributed by atoms with Crippen LogP contribution in [0.3, 0.4) is 0 Å². The smallest absolute Gasteiger partial charge is 0.0672 e. The van der Waals surface area contributed by atoms with Gasteiger partial charge in [-0.3, -0.25) is 0 Å². The molecule has 0 radical (unpaired) electrons. The molecule has 1 atom stereocenters. The minimum absolute atomic E-state index is 0.532. The first-order valence-corrected chi connectivity index (χ1v) is 6.01. The van der Waals surface area contributed by atoms with Crippen LogP contribution in [0.4, 0.5) is 0 Å². The van der Waals surface area contributed by atoms with Gasteiger partial charge in [-0.1, -0.05) is 29.3 Å². The van der Waals surface area contributed by atoms with Crippen LogP contribution in [-0.2, 0) is 6.42 Å².